The molecule has 4 rings (SSSR count). The van der Waals surface area contributed by atoms with Crippen LogP contribution in [-0.2, 0) is 17.7 Å². The van der Waals surface area contributed by atoms with E-state index in [1.54, 1.807) is 0 Å². The van der Waals surface area contributed by atoms with E-state index >= 15 is 0 Å². The Bertz CT molecular complexity index is 765. The Labute approximate surface area is 180 Å². The van der Waals surface area contributed by atoms with Crippen LogP contribution in [-0.4, -0.2) is 72.2 Å². The summed E-state index contributed by atoms with van der Waals surface area (Å²) in [4.78, 5) is 4.91. The second-order valence-corrected chi connectivity index (χ2v) is 8.65. The summed E-state index contributed by atoms with van der Waals surface area (Å²) in [6.45, 7) is 13.2. The van der Waals surface area contributed by atoms with E-state index < -0.39 is 0 Å². The second-order valence-electron chi connectivity index (χ2n) is 8.65. The molecule has 2 aromatic rings. The van der Waals surface area contributed by atoms with E-state index in [2.05, 4.69) is 38.4 Å². The third-order valence-corrected chi connectivity index (χ3v) is 6.38. The summed E-state index contributed by atoms with van der Waals surface area (Å²) in [5.74, 6) is 4.33. The first-order valence-electron chi connectivity index (χ1n) is 11.4. The highest BCUT2D eigenvalue weighted by molar-refractivity contribution is 5.33. The molecule has 2 saturated heterocycles. The maximum absolute atomic E-state index is 5.92. The predicted octanol–water partition coefficient (Wildman–Crippen LogP) is 2.71. The molecule has 0 radical (unpaired) electrons. The predicted molar refractivity (Wildman–Crippen MR) is 118 cm³/mol. The van der Waals surface area contributed by atoms with Crippen molar-refractivity contribution in [1.82, 2.24) is 19.7 Å². The van der Waals surface area contributed by atoms with Crippen LogP contribution in [0.15, 0.2) is 30.3 Å². The molecule has 2 aliphatic rings. The third kappa shape index (κ3) is 5.32. The lowest BCUT2D eigenvalue weighted by atomic mass is 10.0. The minimum absolute atomic E-state index is 0.610. The highest BCUT2D eigenvalue weighted by atomic mass is 16.5. The zero-order valence-electron chi connectivity index (χ0n) is 18.4. The Kier molecular flexibility index (Phi) is 7.23. The van der Waals surface area contributed by atoms with Crippen molar-refractivity contribution in [1.29, 1.82) is 0 Å². The molecule has 30 heavy (non-hydrogen) atoms. The summed E-state index contributed by atoms with van der Waals surface area (Å²) in [7, 11) is 0. The van der Waals surface area contributed by atoms with Crippen LogP contribution in [0.5, 0.6) is 5.75 Å². The fraction of sp³-hybridized carbons (Fsp3) is 0.652. The fourth-order valence-electron chi connectivity index (χ4n) is 4.32. The van der Waals surface area contributed by atoms with E-state index in [1.165, 1.54) is 0 Å². The van der Waals surface area contributed by atoms with Gasteiger partial charge in [-0.25, -0.2) is 0 Å². The smallest absolute Gasteiger partial charge is 0.227 e. The molecular weight excluding hydrogens is 378 g/mol. The first-order valence-corrected chi connectivity index (χ1v) is 11.4. The Hall–Kier alpha value is -2.12. The van der Waals surface area contributed by atoms with Crippen molar-refractivity contribution in [3.63, 3.8) is 0 Å². The first-order chi connectivity index (χ1) is 14.7. The van der Waals surface area contributed by atoms with Gasteiger partial charge in [-0.05, 0) is 30.4 Å². The highest BCUT2D eigenvalue weighted by Crippen LogP contribution is 2.27. The maximum atomic E-state index is 5.92. The number of hydrogen-bond donors (Lipinski definition) is 0. The summed E-state index contributed by atoms with van der Waals surface area (Å²) >= 11 is 0. The van der Waals surface area contributed by atoms with Gasteiger partial charge < -0.3 is 14.4 Å². The van der Waals surface area contributed by atoms with Gasteiger partial charge >= 0.3 is 0 Å². The molecule has 2 atom stereocenters. The van der Waals surface area contributed by atoms with Gasteiger partial charge in [-0.15, -0.1) is 10.2 Å². The molecule has 7 nitrogen and oxygen atoms in total. The van der Waals surface area contributed by atoms with Gasteiger partial charge in [0.2, 0.25) is 5.95 Å². The van der Waals surface area contributed by atoms with E-state index in [9.17, 15) is 0 Å². The lowest BCUT2D eigenvalue weighted by Gasteiger charge is -2.27. The van der Waals surface area contributed by atoms with E-state index in [0.29, 0.717) is 18.4 Å². The Balaban J connectivity index is 1.40. The van der Waals surface area contributed by atoms with Gasteiger partial charge in [-0.2, -0.15) is 0 Å². The van der Waals surface area contributed by atoms with E-state index in [4.69, 9.17) is 9.47 Å². The van der Waals surface area contributed by atoms with Crippen LogP contribution in [0, 0.1) is 11.8 Å². The van der Waals surface area contributed by atoms with Crippen LogP contribution in [0.25, 0.3) is 0 Å². The molecule has 0 aliphatic carbocycles. The monoisotopic (exact) mass is 413 g/mol. The molecule has 0 spiro atoms. The van der Waals surface area contributed by atoms with Crippen molar-refractivity contribution >= 4 is 5.95 Å². The lowest BCUT2D eigenvalue weighted by molar-refractivity contribution is 0.0369. The van der Waals surface area contributed by atoms with E-state index in [0.717, 1.165) is 82.8 Å². The molecule has 0 N–H and O–H groups in total. The summed E-state index contributed by atoms with van der Waals surface area (Å²) < 4.78 is 13.7. The first kappa shape index (κ1) is 21.1. The normalized spacial score (nSPS) is 22.5. The molecule has 2 fully saturated rings. The molecule has 0 amide bonds. The van der Waals surface area contributed by atoms with Crippen molar-refractivity contribution < 1.29 is 9.47 Å². The quantitative estimate of drug-likeness (QED) is 0.630. The fourth-order valence-corrected chi connectivity index (χ4v) is 4.32. The van der Waals surface area contributed by atoms with Crippen molar-refractivity contribution in [3.8, 4) is 5.75 Å². The number of para-hydroxylation sites is 1. The van der Waals surface area contributed by atoms with Gasteiger partial charge in [-0.1, -0.05) is 32.0 Å². The summed E-state index contributed by atoms with van der Waals surface area (Å²) in [5, 5.41) is 9.17. The number of benzene rings is 1. The van der Waals surface area contributed by atoms with Gasteiger partial charge in [0.1, 0.15) is 11.6 Å². The van der Waals surface area contributed by atoms with Gasteiger partial charge in [0, 0.05) is 45.7 Å². The number of rotatable bonds is 9. The number of aromatic nitrogens is 3. The molecule has 0 bridgehead atoms. The summed E-state index contributed by atoms with van der Waals surface area (Å²) in [6, 6.07) is 9.98. The summed E-state index contributed by atoms with van der Waals surface area (Å²) in [6.07, 6.45) is 1.86. The van der Waals surface area contributed by atoms with Crippen LogP contribution in [0.1, 0.15) is 26.1 Å². The van der Waals surface area contributed by atoms with Crippen molar-refractivity contribution in [3.05, 3.63) is 36.2 Å². The van der Waals surface area contributed by atoms with E-state index in [1.807, 2.05) is 30.3 Å². The lowest BCUT2D eigenvalue weighted by Crippen LogP contribution is -2.37. The third-order valence-electron chi connectivity index (χ3n) is 6.38. The number of morpholine rings is 1. The average Bonchev–Trinajstić information content (AvgIpc) is 3.32. The number of anilines is 1. The van der Waals surface area contributed by atoms with Crippen molar-refractivity contribution in [2.45, 2.75) is 33.2 Å². The molecule has 2 aliphatic heterocycles. The van der Waals surface area contributed by atoms with Gasteiger partial charge in [0.25, 0.3) is 0 Å². The van der Waals surface area contributed by atoms with Crippen LogP contribution in [0.4, 0.5) is 5.95 Å². The van der Waals surface area contributed by atoms with Crippen LogP contribution < -0.4 is 9.64 Å². The largest absolute Gasteiger partial charge is 0.493 e. The van der Waals surface area contributed by atoms with Gasteiger partial charge in [0.15, 0.2) is 0 Å². The van der Waals surface area contributed by atoms with Crippen LogP contribution in [0.3, 0.4) is 0 Å². The minimum atomic E-state index is 0.610. The Morgan fingerprint density at radius 1 is 1.00 bits per heavy atom. The molecular formula is C23H35N5O2. The highest BCUT2D eigenvalue weighted by Gasteiger charge is 2.30. The average molecular weight is 414 g/mol. The maximum Gasteiger partial charge on any atom is 0.227 e. The molecule has 1 aromatic heterocycles. The second kappa shape index (κ2) is 10.3. The molecule has 2 unspecified atom stereocenters. The van der Waals surface area contributed by atoms with Gasteiger partial charge in [-0.3, -0.25) is 9.47 Å². The van der Waals surface area contributed by atoms with Crippen LogP contribution >= 0.6 is 0 Å². The van der Waals surface area contributed by atoms with Crippen molar-refractivity contribution in [2.24, 2.45) is 11.8 Å². The minimum Gasteiger partial charge on any atom is -0.493 e. The summed E-state index contributed by atoms with van der Waals surface area (Å²) in [5.41, 5.74) is 0. The molecule has 3 heterocycles. The standard InChI is InChI=1S/C23H35N5O2/c1-19-17-27(18-20(19)2)23-25-24-22(9-14-30-21-7-4-3-5-8-21)28(23)11-6-10-26-12-15-29-16-13-26/h3-5,7-8,19-20H,6,9-18H2,1-2H3. The topological polar surface area (TPSA) is 55.7 Å². The van der Waals surface area contributed by atoms with Crippen LogP contribution in [0.2, 0.25) is 0 Å². The number of hydrogen-bond acceptors (Lipinski definition) is 6. The zero-order chi connectivity index (χ0) is 20.8. The van der Waals surface area contributed by atoms with Crippen molar-refractivity contribution in [2.75, 3.05) is 57.4 Å². The van der Waals surface area contributed by atoms with E-state index in [-0.39, 0.29) is 0 Å². The van der Waals surface area contributed by atoms with Gasteiger partial charge in [0.05, 0.1) is 19.8 Å². The number of ether oxygens (including phenoxy) is 2. The Morgan fingerprint density at radius 3 is 2.47 bits per heavy atom. The molecule has 1 aromatic carbocycles. The number of nitrogens with zero attached hydrogens (tertiary/aromatic N) is 5. The molecule has 7 heteroatoms. The zero-order valence-corrected chi connectivity index (χ0v) is 18.4. The Morgan fingerprint density at radius 2 is 1.73 bits per heavy atom. The SMILES string of the molecule is CC1CN(c2nnc(CCOc3ccccc3)n2CCCN2CCOCC2)CC1C. The molecule has 164 valence electrons. The molecule has 0 saturated carbocycles.